The molecule has 7 nitrogen and oxygen atoms in total. The maximum Gasteiger partial charge on any atom is 0.325 e. The molecule has 2 aromatic carbocycles. The van der Waals surface area contributed by atoms with Crippen molar-refractivity contribution in [1.82, 2.24) is 10.1 Å². The number of benzene rings is 2. The quantitative estimate of drug-likeness (QED) is 0.305. The van der Waals surface area contributed by atoms with E-state index in [9.17, 15) is 9.59 Å². The molecule has 8 heteroatoms. The molecule has 0 spiro atoms. The molecule has 1 N–H and O–H groups in total. The molecular formula is C25H29N4O3S+. The van der Waals surface area contributed by atoms with E-state index in [2.05, 4.69) is 11.9 Å². The Morgan fingerprint density at radius 2 is 1.91 bits per heavy atom. The van der Waals surface area contributed by atoms with Crippen LogP contribution in [0.25, 0.3) is 11.3 Å². The summed E-state index contributed by atoms with van der Waals surface area (Å²) in [7, 11) is 0. The first-order valence-corrected chi connectivity index (χ1v) is 12.3. The minimum absolute atomic E-state index is 0.142. The first kappa shape index (κ1) is 23.0. The fourth-order valence-electron chi connectivity index (χ4n) is 4.16. The van der Waals surface area contributed by atoms with E-state index >= 15 is 0 Å². The summed E-state index contributed by atoms with van der Waals surface area (Å²) in [5, 5.41) is 5.38. The number of anilines is 1. The van der Waals surface area contributed by atoms with Crippen molar-refractivity contribution in [2.24, 2.45) is 0 Å². The van der Waals surface area contributed by atoms with E-state index < -0.39 is 6.17 Å². The van der Waals surface area contributed by atoms with Gasteiger partial charge in [-0.2, -0.15) is 0 Å². The fraction of sp³-hybridized carbons (Fsp3) is 0.360. The van der Waals surface area contributed by atoms with Crippen LogP contribution < -0.4 is 19.9 Å². The van der Waals surface area contributed by atoms with Gasteiger partial charge in [0, 0.05) is 17.8 Å². The molecule has 2 heterocycles. The smallest absolute Gasteiger partial charge is 0.325 e. The highest BCUT2D eigenvalue weighted by Crippen LogP contribution is 2.39. The number of unbranched alkanes of at least 4 members (excludes halogenated alkanes) is 2. The van der Waals surface area contributed by atoms with Crippen LogP contribution in [-0.4, -0.2) is 28.3 Å². The van der Waals surface area contributed by atoms with Crippen LogP contribution in [0.4, 0.5) is 5.69 Å². The van der Waals surface area contributed by atoms with Gasteiger partial charge in [-0.15, -0.1) is 0 Å². The lowest BCUT2D eigenvalue weighted by Crippen LogP contribution is -2.60. The maximum atomic E-state index is 13.3. The largest absolute Gasteiger partial charge is 0.493 e. The van der Waals surface area contributed by atoms with Gasteiger partial charge in [0.25, 0.3) is 6.17 Å². The van der Waals surface area contributed by atoms with Crippen molar-refractivity contribution in [3.63, 3.8) is 0 Å². The number of nitrogens with one attached hydrogen (secondary N) is 1. The lowest BCUT2D eigenvalue weighted by Gasteiger charge is -2.31. The Labute approximate surface area is 197 Å². The minimum atomic E-state index is -0.646. The number of hydrogen-bond donors (Lipinski definition) is 1. The first-order chi connectivity index (χ1) is 16.1. The molecule has 1 aliphatic rings. The number of thioether (sulfide) groups is 1. The predicted octanol–water partition coefficient (Wildman–Crippen LogP) is 4.32. The number of hydrogen-bond acceptors (Lipinski definition) is 5. The van der Waals surface area contributed by atoms with Crippen LogP contribution in [0.2, 0.25) is 0 Å². The molecule has 172 valence electrons. The number of nitrogens with zero attached hydrogens (tertiary/aromatic N) is 3. The van der Waals surface area contributed by atoms with E-state index in [1.54, 1.807) is 9.58 Å². The Kier molecular flexibility index (Phi) is 7.13. The van der Waals surface area contributed by atoms with Gasteiger partial charge >= 0.3 is 11.3 Å². The molecular weight excluding hydrogens is 436 g/mol. The van der Waals surface area contributed by atoms with Crippen molar-refractivity contribution in [1.29, 1.82) is 0 Å². The monoisotopic (exact) mass is 465 g/mol. The van der Waals surface area contributed by atoms with Gasteiger partial charge in [-0.3, -0.25) is 14.6 Å². The zero-order valence-electron chi connectivity index (χ0n) is 19.2. The third-order valence-electron chi connectivity index (χ3n) is 5.58. The third kappa shape index (κ3) is 4.53. The second kappa shape index (κ2) is 10.2. The Morgan fingerprint density at radius 1 is 1.15 bits per heavy atom. The van der Waals surface area contributed by atoms with Gasteiger partial charge in [0.2, 0.25) is 11.1 Å². The van der Waals surface area contributed by atoms with Crippen LogP contribution in [0, 0.1) is 0 Å². The SMILES string of the molecule is CCCCCSc1n[n+]2c(c(=O)[nH]1)-c1ccccc1N(C(C)=O)[C@@H]2c1ccccc1OCC. The van der Waals surface area contributed by atoms with E-state index in [-0.39, 0.29) is 11.5 Å². The zero-order chi connectivity index (χ0) is 23.4. The van der Waals surface area contributed by atoms with E-state index in [0.29, 0.717) is 34.5 Å². The van der Waals surface area contributed by atoms with Crippen LogP contribution in [0.5, 0.6) is 5.75 Å². The highest BCUT2D eigenvalue weighted by molar-refractivity contribution is 7.99. The summed E-state index contributed by atoms with van der Waals surface area (Å²) in [6, 6.07) is 15.1. The topological polar surface area (TPSA) is 79.2 Å². The van der Waals surface area contributed by atoms with Crippen molar-refractivity contribution >= 4 is 23.4 Å². The van der Waals surface area contributed by atoms with E-state index in [1.807, 2.05) is 55.5 Å². The molecule has 0 saturated carbocycles. The van der Waals surface area contributed by atoms with Crippen molar-refractivity contribution in [2.75, 3.05) is 17.3 Å². The average Bonchev–Trinajstić information content (AvgIpc) is 2.81. The Hall–Kier alpha value is -3.13. The summed E-state index contributed by atoms with van der Waals surface area (Å²) < 4.78 is 7.59. The summed E-state index contributed by atoms with van der Waals surface area (Å²) in [4.78, 5) is 31.0. The van der Waals surface area contributed by atoms with Crippen LogP contribution in [-0.2, 0) is 4.79 Å². The number of amides is 1. The van der Waals surface area contributed by atoms with Gasteiger partial charge in [-0.1, -0.05) is 55.8 Å². The summed E-state index contributed by atoms with van der Waals surface area (Å²) in [5.41, 5.74) is 2.33. The summed E-state index contributed by atoms with van der Waals surface area (Å²) in [6.07, 6.45) is 2.66. The molecule has 0 unspecified atom stereocenters. The molecule has 1 aliphatic heterocycles. The molecule has 0 aliphatic carbocycles. The van der Waals surface area contributed by atoms with Crippen molar-refractivity contribution in [3.8, 4) is 17.0 Å². The van der Waals surface area contributed by atoms with E-state index in [4.69, 9.17) is 9.84 Å². The first-order valence-electron chi connectivity index (χ1n) is 11.4. The number of fused-ring (bicyclic) bond motifs is 3. The highest BCUT2D eigenvalue weighted by Gasteiger charge is 2.46. The molecule has 3 aromatic rings. The molecule has 1 atom stereocenters. The number of H-pyrrole nitrogens is 1. The maximum absolute atomic E-state index is 13.3. The van der Waals surface area contributed by atoms with Crippen LogP contribution >= 0.6 is 11.8 Å². The molecule has 0 radical (unpaired) electrons. The molecule has 0 bridgehead atoms. The Bertz CT molecular complexity index is 1210. The minimum Gasteiger partial charge on any atom is -0.493 e. The number of ether oxygens (including phenoxy) is 1. The van der Waals surface area contributed by atoms with Gasteiger partial charge in [0.15, 0.2) is 0 Å². The Balaban J connectivity index is 1.94. The van der Waals surface area contributed by atoms with Crippen LogP contribution in [0.15, 0.2) is 58.5 Å². The molecule has 4 rings (SSSR count). The van der Waals surface area contributed by atoms with Crippen molar-refractivity contribution < 1.29 is 14.2 Å². The van der Waals surface area contributed by atoms with Gasteiger partial charge in [-0.05, 0) is 42.3 Å². The summed E-state index contributed by atoms with van der Waals surface area (Å²) in [6.45, 7) is 6.10. The molecule has 0 fully saturated rings. The standard InChI is InChI=1S/C25H28N4O3S/c1-4-6-11-16-33-25-26-23(31)22-18-12-7-9-14-20(18)28(17(3)30)24(29(22)27-25)19-13-8-10-15-21(19)32-5-2/h7-10,12-15,24H,4-6,11,16H2,1-3H3/p+1/t24-/m0/s1. The molecule has 33 heavy (non-hydrogen) atoms. The lowest BCUT2D eigenvalue weighted by atomic mass is 10.0. The van der Waals surface area contributed by atoms with Crippen molar-refractivity contribution in [2.45, 2.75) is 51.4 Å². The number of para-hydroxylation sites is 2. The Morgan fingerprint density at radius 3 is 2.67 bits per heavy atom. The van der Waals surface area contributed by atoms with E-state index in [1.165, 1.54) is 18.7 Å². The number of carbonyl (C=O) groups is 1. The third-order valence-corrected chi connectivity index (χ3v) is 6.53. The normalized spacial score (nSPS) is 14.5. The second-order valence-corrected chi connectivity index (χ2v) is 8.94. The molecule has 1 amide bonds. The van der Waals surface area contributed by atoms with Gasteiger partial charge in [-0.25, -0.2) is 4.90 Å². The predicted molar refractivity (Wildman–Crippen MR) is 130 cm³/mol. The number of aromatic nitrogens is 3. The van der Waals surface area contributed by atoms with Crippen molar-refractivity contribution in [3.05, 3.63) is 64.4 Å². The number of carbonyl (C=O) groups excluding carboxylic acids is 1. The van der Waals surface area contributed by atoms with Gasteiger partial charge < -0.3 is 4.74 Å². The van der Waals surface area contributed by atoms with Gasteiger partial charge in [0.05, 0.1) is 23.4 Å². The number of rotatable bonds is 8. The zero-order valence-corrected chi connectivity index (χ0v) is 20.0. The second-order valence-electron chi connectivity index (χ2n) is 7.86. The summed E-state index contributed by atoms with van der Waals surface area (Å²) >= 11 is 1.53. The lowest BCUT2D eigenvalue weighted by molar-refractivity contribution is -0.763. The van der Waals surface area contributed by atoms with Crippen LogP contribution in [0.1, 0.15) is 51.8 Å². The van der Waals surface area contributed by atoms with E-state index in [0.717, 1.165) is 30.6 Å². The molecule has 1 aromatic heterocycles. The molecule has 0 saturated heterocycles. The van der Waals surface area contributed by atoms with Crippen LogP contribution in [0.3, 0.4) is 0 Å². The highest BCUT2D eigenvalue weighted by atomic mass is 32.2. The van der Waals surface area contributed by atoms with Gasteiger partial charge in [0.1, 0.15) is 5.75 Å². The summed E-state index contributed by atoms with van der Waals surface area (Å²) in [5.74, 6) is 1.38. The fourth-order valence-corrected chi connectivity index (χ4v) is 5.01. The number of aromatic amines is 1. The average molecular weight is 466 g/mol.